The lowest BCUT2D eigenvalue weighted by molar-refractivity contribution is 0.141. The lowest BCUT2D eigenvalue weighted by Gasteiger charge is -2.40. The van der Waals surface area contributed by atoms with Crippen molar-refractivity contribution in [2.75, 3.05) is 18.8 Å². The first-order valence-electron chi connectivity index (χ1n) is 7.71. The number of hydrogen-bond donors (Lipinski definition) is 1. The van der Waals surface area contributed by atoms with Gasteiger partial charge in [-0.1, -0.05) is 26.7 Å². The molecule has 2 N–H and O–H groups in total. The summed E-state index contributed by atoms with van der Waals surface area (Å²) in [5.41, 5.74) is 7.35. The van der Waals surface area contributed by atoms with E-state index < -0.39 is 10.0 Å². The minimum Gasteiger partial charge on any atom is -0.399 e. The number of rotatable bonds is 4. The summed E-state index contributed by atoms with van der Waals surface area (Å²) in [4.78, 5) is 0.386. The van der Waals surface area contributed by atoms with Gasteiger partial charge in [0.25, 0.3) is 0 Å². The highest BCUT2D eigenvalue weighted by molar-refractivity contribution is 7.89. The summed E-state index contributed by atoms with van der Waals surface area (Å²) >= 11 is 0. The first-order valence-corrected chi connectivity index (χ1v) is 9.15. The number of anilines is 1. The van der Waals surface area contributed by atoms with Crippen LogP contribution in [0.5, 0.6) is 0 Å². The number of nitrogens with two attached hydrogens (primary N) is 1. The predicted octanol–water partition coefficient (Wildman–Crippen LogP) is 3.17. The van der Waals surface area contributed by atoms with Gasteiger partial charge >= 0.3 is 0 Å². The van der Waals surface area contributed by atoms with Gasteiger partial charge in [-0.05, 0) is 48.9 Å². The summed E-state index contributed by atoms with van der Waals surface area (Å²) in [5.74, 6) is 0. The maximum atomic E-state index is 12.8. The van der Waals surface area contributed by atoms with Gasteiger partial charge in [0.05, 0.1) is 4.90 Å². The van der Waals surface area contributed by atoms with E-state index in [0.717, 1.165) is 31.2 Å². The Morgan fingerprint density at radius 3 is 2.24 bits per heavy atom. The van der Waals surface area contributed by atoms with Gasteiger partial charge in [-0.3, -0.25) is 0 Å². The maximum absolute atomic E-state index is 12.8. The average molecular weight is 310 g/mol. The molecule has 0 aliphatic carbocycles. The molecule has 118 valence electrons. The van der Waals surface area contributed by atoms with E-state index in [2.05, 4.69) is 13.8 Å². The Balaban J connectivity index is 2.22. The van der Waals surface area contributed by atoms with E-state index in [1.807, 2.05) is 0 Å². The van der Waals surface area contributed by atoms with E-state index in [9.17, 15) is 8.42 Å². The fourth-order valence-corrected chi connectivity index (χ4v) is 4.91. The van der Waals surface area contributed by atoms with Gasteiger partial charge in [-0.25, -0.2) is 8.42 Å². The van der Waals surface area contributed by atoms with E-state index in [-0.39, 0.29) is 0 Å². The van der Waals surface area contributed by atoms with Gasteiger partial charge in [0.15, 0.2) is 0 Å². The Kier molecular flexibility index (Phi) is 4.63. The highest BCUT2D eigenvalue weighted by Crippen LogP contribution is 2.39. The Labute approximate surface area is 128 Å². The molecule has 1 heterocycles. The molecule has 0 amide bonds. The summed E-state index contributed by atoms with van der Waals surface area (Å²) in [6, 6.07) is 5.01. The molecule has 1 aromatic carbocycles. The third-order valence-electron chi connectivity index (χ3n) is 5.10. The highest BCUT2D eigenvalue weighted by atomic mass is 32.2. The highest BCUT2D eigenvalue weighted by Gasteiger charge is 2.36. The largest absolute Gasteiger partial charge is 0.399 e. The van der Waals surface area contributed by atoms with E-state index in [1.54, 1.807) is 29.4 Å². The third kappa shape index (κ3) is 3.09. The first-order chi connectivity index (χ1) is 9.84. The summed E-state index contributed by atoms with van der Waals surface area (Å²) in [7, 11) is -3.40. The van der Waals surface area contributed by atoms with Gasteiger partial charge < -0.3 is 5.73 Å². The second-order valence-electron chi connectivity index (χ2n) is 6.14. The smallest absolute Gasteiger partial charge is 0.243 e. The molecule has 1 fully saturated rings. The van der Waals surface area contributed by atoms with Crippen LogP contribution in [0.25, 0.3) is 0 Å². The lowest BCUT2D eigenvalue weighted by atomic mass is 9.75. The first kappa shape index (κ1) is 16.3. The van der Waals surface area contributed by atoms with Crippen molar-refractivity contribution in [3.63, 3.8) is 0 Å². The van der Waals surface area contributed by atoms with Gasteiger partial charge in [-0.15, -0.1) is 0 Å². The predicted molar refractivity (Wildman–Crippen MR) is 86.6 cm³/mol. The molecule has 1 aromatic rings. The summed E-state index contributed by atoms with van der Waals surface area (Å²) in [6.07, 6.45) is 4.15. The van der Waals surface area contributed by atoms with Crippen LogP contribution in [0.2, 0.25) is 0 Å². The molecule has 0 atom stereocenters. The number of piperidine rings is 1. The number of nitrogens with zero attached hydrogens (tertiary/aromatic N) is 1. The molecule has 1 aliphatic heterocycles. The van der Waals surface area contributed by atoms with Gasteiger partial charge in [0.1, 0.15) is 0 Å². The minimum atomic E-state index is -3.40. The van der Waals surface area contributed by atoms with Crippen molar-refractivity contribution in [3.05, 3.63) is 23.8 Å². The van der Waals surface area contributed by atoms with Crippen LogP contribution >= 0.6 is 0 Å². The summed E-state index contributed by atoms with van der Waals surface area (Å²) < 4.78 is 27.2. The number of hydrogen-bond acceptors (Lipinski definition) is 3. The zero-order chi connectivity index (χ0) is 15.7. The van der Waals surface area contributed by atoms with Crippen LogP contribution in [-0.4, -0.2) is 25.8 Å². The SMILES string of the molecule is CCC1(CC)CCN(S(=O)(=O)c2ccc(N)cc2C)CC1. The fourth-order valence-electron chi connectivity index (χ4n) is 3.26. The summed E-state index contributed by atoms with van der Waals surface area (Å²) in [5, 5.41) is 0. The van der Waals surface area contributed by atoms with Crippen LogP contribution in [0.15, 0.2) is 23.1 Å². The number of aryl methyl sites for hydroxylation is 1. The average Bonchev–Trinajstić information content (AvgIpc) is 2.47. The Morgan fingerprint density at radius 2 is 1.76 bits per heavy atom. The van der Waals surface area contributed by atoms with Crippen LogP contribution in [0.3, 0.4) is 0 Å². The molecular formula is C16H26N2O2S. The van der Waals surface area contributed by atoms with Gasteiger partial charge in [-0.2, -0.15) is 4.31 Å². The molecule has 0 bridgehead atoms. The molecule has 0 radical (unpaired) electrons. The molecule has 1 saturated heterocycles. The monoisotopic (exact) mass is 310 g/mol. The fraction of sp³-hybridized carbons (Fsp3) is 0.625. The van der Waals surface area contributed by atoms with Crippen LogP contribution in [0.4, 0.5) is 5.69 Å². The molecule has 21 heavy (non-hydrogen) atoms. The van der Waals surface area contributed by atoms with Crippen molar-refractivity contribution in [2.45, 2.75) is 51.3 Å². The second kappa shape index (κ2) is 5.97. The van der Waals surface area contributed by atoms with Crippen molar-refractivity contribution in [1.82, 2.24) is 4.31 Å². The number of nitrogen functional groups attached to an aromatic ring is 1. The third-order valence-corrected chi connectivity index (χ3v) is 7.16. The lowest BCUT2D eigenvalue weighted by Crippen LogP contribution is -2.42. The van der Waals surface area contributed by atoms with Crippen molar-refractivity contribution in [1.29, 1.82) is 0 Å². The molecule has 5 heteroatoms. The molecule has 2 rings (SSSR count). The zero-order valence-electron chi connectivity index (χ0n) is 13.2. The van der Waals surface area contributed by atoms with Crippen LogP contribution in [-0.2, 0) is 10.0 Å². The van der Waals surface area contributed by atoms with Crippen molar-refractivity contribution in [3.8, 4) is 0 Å². The van der Waals surface area contributed by atoms with E-state index in [0.29, 0.717) is 29.1 Å². The summed E-state index contributed by atoms with van der Waals surface area (Å²) in [6.45, 7) is 7.45. The van der Waals surface area contributed by atoms with Gasteiger partial charge in [0.2, 0.25) is 10.0 Å². The standard InChI is InChI=1S/C16H26N2O2S/c1-4-16(5-2)8-10-18(11-9-16)21(19,20)15-7-6-14(17)12-13(15)3/h6-7,12H,4-5,8-11,17H2,1-3H3. The molecule has 0 saturated carbocycles. The number of sulfonamides is 1. The zero-order valence-corrected chi connectivity index (χ0v) is 14.0. The van der Waals surface area contributed by atoms with Crippen LogP contribution in [0.1, 0.15) is 45.1 Å². The topological polar surface area (TPSA) is 63.4 Å². The van der Waals surface area contributed by atoms with Crippen molar-refractivity contribution >= 4 is 15.7 Å². The van der Waals surface area contributed by atoms with Gasteiger partial charge in [0, 0.05) is 18.8 Å². The van der Waals surface area contributed by atoms with Crippen LogP contribution in [0, 0.1) is 12.3 Å². The van der Waals surface area contributed by atoms with E-state index in [4.69, 9.17) is 5.73 Å². The molecular weight excluding hydrogens is 284 g/mol. The normalized spacial score (nSPS) is 19.6. The minimum absolute atomic E-state index is 0.322. The Morgan fingerprint density at radius 1 is 1.19 bits per heavy atom. The Bertz CT molecular complexity index is 597. The van der Waals surface area contributed by atoms with Crippen LogP contribution < -0.4 is 5.73 Å². The molecule has 4 nitrogen and oxygen atoms in total. The molecule has 0 spiro atoms. The van der Waals surface area contributed by atoms with E-state index in [1.165, 1.54) is 0 Å². The van der Waals surface area contributed by atoms with Crippen molar-refractivity contribution in [2.24, 2.45) is 5.41 Å². The quantitative estimate of drug-likeness (QED) is 0.869. The van der Waals surface area contributed by atoms with Crippen molar-refractivity contribution < 1.29 is 8.42 Å². The molecule has 0 unspecified atom stereocenters. The second-order valence-corrected chi connectivity index (χ2v) is 8.04. The maximum Gasteiger partial charge on any atom is 0.243 e. The number of benzene rings is 1. The molecule has 0 aromatic heterocycles. The Hall–Kier alpha value is -1.07. The molecule has 1 aliphatic rings. The van der Waals surface area contributed by atoms with E-state index >= 15 is 0 Å².